The minimum Gasteiger partial charge on any atom is -0.495 e. The topological polar surface area (TPSA) is 114 Å². The number of amidine groups is 1. The molecule has 0 aromatic heterocycles. The van der Waals surface area contributed by atoms with Gasteiger partial charge in [-0.25, -0.2) is 8.42 Å². The molecule has 1 aromatic rings. The van der Waals surface area contributed by atoms with E-state index in [9.17, 15) is 8.42 Å². The van der Waals surface area contributed by atoms with Crippen LogP contribution in [0.2, 0.25) is 0 Å². The number of oxime groups is 1. The number of para-hydroxylation sites is 1. The third-order valence-corrected chi connectivity index (χ3v) is 5.45. The number of ether oxygens (including phenoxy) is 1. The summed E-state index contributed by atoms with van der Waals surface area (Å²) in [5.74, 6) is 0.138. The van der Waals surface area contributed by atoms with Crippen LogP contribution in [0.15, 0.2) is 23.4 Å². The molecule has 0 radical (unpaired) electrons. The first-order valence-electron chi connectivity index (χ1n) is 6.66. The van der Waals surface area contributed by atoms with Crippen LogP contribution in [0, 0.1) is 0 Å². The first kappa shape index (κ1) is 15.4. The van der Waals surface area contributed by atoms with Gasteiger partial charge in [0.05, 0.1) is 12.4 Å². The molecule has 7 nitrogen and oxygen atoms in total. The van der Waals surface area contributed by atoms with Crippen LogP contribution in [0.25, 0.3) is 0 Å². The number of rotatable bonds is 5. The molecule has 1 aromatic carbocycles. The van der Waals surface area contributed by atoms with Crippen LogP contribution in [-0.4, -0.2) is 31.8 Å². The van der Waals surface area contributed by atoms with Gasteiger partial charge in [-0.2, -0.15) is 0 Å². The first-order valence-corrected chi connectivity index (χ1v) is 8.20. The number of nitrogens with one attached hydrogen (secondary N) is 1. The molecule has 0 aliphatic heterocycles. The van der Waals surface area contributed by atoms with Gasteiger partial charge in [-0.1, -0.05) is 24.1 Å². The van der Waals surface area contributed by atoms with Crippen molar-refractivity contribution in [2.75, 3.05) is 11.8 Å². The highest BCUT2D eigenvalue weighted by Gasteiger charge is 2.30. The Labute approximate surface area is 123 Å². The van der Waals surface area contributed by atoms with Crippen molar-refractivity contribution in [3.63, 3.8) is 0 Å². The Morgan fingerprint density at radius 1 is 1.43 bits per heavy atom. The summed E-state index contributed by atoms with van der Waals surface area (Å²) in [6, 6.07) is 4.81. The molecule has 21 heavy (non-hydrogen) atoms. The molecule has 0 bridgehead atoms. The standard InChI is InChI=1S/C13H19N3O4S/c1-20-11-8-4-7-10(13(14)15-17)12(11)16-21(18,19)9-5-2-3-6-9/h4,7-9,16-17H,2-3,5-6H2,1H3,(H2,14,15). The lowest BCUT2D eigenvalue weighted by Gasteiger charge is -2.18. The molecular formula is C13H19N3O4S. The Morgan fingerprint density at radius 3 is 2.67 bits per heavy atom. The second kappa shape index (κ2) is 6.21. The molecular weight excluding hydrogens is 294 g/mol. The number of anilines is 1. The molecule has 0 atom stereocenters. The zero-order valence-corrected chi connectivity index (χ0v) is 12.6. The van der Waals surface area contributed by atoms with E-state index in [1.54, 1.807) is 18.2 Å². The molecule has 0 amide bonds. The summed E-state index contributed by atoms with van der Waals surface area (Å²) in [5, 5.41) is 11.3. The fourth-order valence-electron chi connectivity index (χ4n) is 2.50. The van der Waals surface area contributed by atoms with Crippen molar-refractivity contribution in [1.82, 2.24) is 0 Å². The number of methoxy groups -OCH3 is 1. The molecule has 4 N–H and O–H groups in total. The highest BCUT2D eigenvalue weighted by atomic mass is 32.2. The summed E-state index contributed by atoms with van der Waals surface area (Å²) >= 11 is 0. The van der Waals surface area contributed by atoms with E-state index in [0.29, 0.717) is 18.6 Å². The van der Waals surface area contributed by atoms with Gasteiger partial charge in [-0.05, 0) is 25.0 Å². The second-order valence-electron chi connectivity index (χ2n) is 4.92. The molecule has 1 aliphatic carbocycles. The van der Waals surface area contributed by atoms with Crippen molar-refractivity contribution >= 4 is 21.5 Å². The van der Waals surface area contributed by atoms with E-state index in [4.69, 9.17) is 15.7 Å². The van der Waals surface area contributed by atoms with E-state index in [1.807, 2.05) is 0 Å². The number of nitrogens with zero attached hydrogens (tertiary/aromatic N) is 1. The lowest BCUT2D eigenvalue weighted by Crippen LogP contribution is -2.27. The first-order chi connectivity index (χ1) is 9.99. The summed E-state index contributed by atoms with van der Waals surface area (Å²) in [6.45, 7) is 0. The minimum atomic E-state index is -3.53. The van der Waals surface area contributed by atoms with E-state index >= 15 is 0 Å². The average molecular weight is 313 g/mol. The molecule has 2 rings (SSSR count). The quantitative estimate of drug-likeness (QED) is 0.330. The monoisotopic (exact) mass is 313 g/mol. The summed E-state index contributed by atoms with van der Waals surface area (Å²) in [7, 11) is -2.10. The second-order valence-corrected chi connectivity index (χ2v) is 6.88. The van der Waals surface area contributed by atoms with Gasteiger partial charge in [-0.15, -0.1) is 0 Å². The molecule has 0 spiro atoms. The molecule has 1 saturated carbocycles. The molecule has 8 heteroatoms. The van der Waals surface area contributed by atoms with Gasteiger partial charge in [0.15, 0.2) is 5.84 Å². The van der Waals surface area contributed by atoms with Gasteiger partial charge in [0, 0.05) is 5.56 Å². The summed E-state index contributed by atoms with van der Waals surface area (Å²) < 4.78 is 32.6. The van der Waals surface area contributed by atoms with Crippen molar-refractivity contribution in [3.05, 3.63) is 23.8 Å². The van der Waals surface area contributed by atoms with Gasteiger partial charge >= 0.3 is 0 Å². The number of benzene rings is 1. The Balaban J connectivity index is 2.42. The van der Waals surface area contributed by atoms with Crippen molar-refractivity contribution in [3.8, 4) is 5.75 Å². The molecule has 0 unspecified atom stereocenters. The van der Waals surface area contributed by atoms with Crippen LogP contribution < -0.4 is 15.2 Å². The van der Waals surface area contributed by atoms with Crippen LogP contribution in [-0.2, 0) is 10.0 Å². The number of nitrogens with two attached hydrogens (primary N) is 1. The molecule has 1 fully saturated rings. The Bertz CT molecular complexity index is 637. The fraction of sp³-hybridized carbons (Fsp3) is 0.462. The van der Waals surface area contributed by atoms with E-state index < -0.39 is 15.3 Å². The van der Waals surface area contributed by atoms with Crippen LogP contribution in [0.1, 0.15) is 31.2 Å². The van der Waals surface area contributed by atoms with Gasteiger partial charge in [0.2, 0.25) is 10.0 Å². The third-order valence-electron chi connectivity index (χ3n) is 3.62. The average Bonchev–Trinajstić information content (AvgIpc) is 3.01. The highest BCUT2D eigenvalue weighted by Crippen LogP contribution is 2.32. The molecule has 1 aliphatic rings. The maximum atomic E-state index is 12.4. The summed E-state index contributed by atoms with van der Waals surface area (Å²) in [5.41, 5.74) is 6.07. The maximum absolute atomic E-state index is 12.4. The van der Waals surface area contributed by atoms with Crippen LogP contribution >= 0.6 is 0 Å². The summed E-state index contributed by atoms with van der Waals surface area (Å²) in [6.07, 6.45) is 3.10. The van der Waals surface area contributed by atoms with E-state index in [1.165, 1.54) is 7.11 Å². The molecule has 0 saturated heterocycles. The number of hydrogen-bond donors (Lipinski definition) is 3. The third kappa shape index (κ3) is 3.21. The zero-order valence-electron chi connectivity index (χ0n) is 11.7. The number of hydrogen-bond acceptors (Lipinski definition) is 5. The van der Waals surface area contributed by atoms with Gasteiger partial charge in [0.1, 0.15) is 11.4 Å². The summed E-state index contributed by atoms with van der Waals surface area (Å²) in [4.78, 5) is 0. The Morgan fingerprint density at radius 2 is 2.10 bits per heavy atom. The number of sulfonamides is 1. The molecule has 116 valence electrons. The maximum Gasteiger partial charge on any atom is 0.235 e. The normalized spacial score (nSPS) is 16.9. The van der Waals surface area contributed by atoms with Crippen molar-refractivity contribution in [1.29, 1.82) is 0 Å². The smallest absolute Gasteiger partial charge is 0.235 e. The van der Waals surface area contributed by atoms with Crippen molar-refractivity contribution in [2.45, 2.75) is 30.9 Å². The highest BCUT2D eigenvalue weighted by molar-refractivity contribution is 7.93. The minimum absolute atomic E-state index is 0.182. The lowest BCUT2D eigenvalue weighted by atomic mass is 10.1. The van der Waals surface area contributed by atoms with E-state index in [2.05, 4.69) is 9.88 Å². The van der Waals surface area contributed by atoms with E-state index in [-0.39, 0.29) is 17.1 Å². The predicted molar refractivity (Wildman–Crippen MR) is 80.3 cm³/mol. The fourth-order valence-corrected chi connectivity index (χ4v) is 4.11. The zero-order chi connectivity index (χ0) is 15.5. The van der Waals surface area contributed by atoms with Crippen LogP contribution in [0.5, 0.6) is 5.75 Å². The van der Waals surface area contributed by atoms with Crippen molar-refractivity contribution < 1.29 is 18.4 Å². The lowest BCUT2D eigenvalue weighted by molar-refractivity contribution is 0.318. The van der Waals surface area contributed by atoms with E-state index in [0.717, 1.165) is 12.8 Å². The molecule has 0 heterocycles. The van der Waals surface area contributed by atoms with Crippen LogP contribution in [0.4, 0.5) is 5.69 Å². The van der Waals surface area contributed by atoms with Gasteiger partial charge in [-0.3, -0.25) is 4.72 Å². The van der Waals surface area contributed by atoms with Gasteiger partial charge < -0.3 is 15.7 Å². The predicted octanol–water partition coefficient (Wildman–Crippen LogP) is 1.47. The Kier molecular flexibility index (Phi) is 4.56. The SMILES string of the molecule is COc1cccc(/C(N)=N/O)c1NS(=O)(=O)C1CCCC1. The van der Waals surface area contributed by atoms with Crippen LogP contribution in [0.3, 0.4) is 0 Å². The van der Waals surface area contributed by atoms with Crippen molar-refractivity contribution in [2.24, 2.45) is 10.9 Å². The Hall–Kier alpha value is -1.96. The van der Waals surface area contributed by atoms with Gasteiger partial charge in [0.25, 0.3) is 0 Å². The largest absolute Gasteiger partial charge is 0.495 e.